The van der Waals surface area contributed by atoms with Gasteiger partial charge in [0.1, 0.15) is 8.30 Å². The minimum Gasteiger partial charge on any atom is -0.340 e. The molecule has 1 aromatic carbocycles. The Labute approximate surface area is 94.1 Å². The molecule has 0 aliphatic carbocycles. The summed E-state index contributed by atoms with van der Waals surface area (Å²) in [7, 11) is -0.586. The zero-order valence-electron chi connectivity index (χ0n) is 9.81. The lowest BCUT2D eigenvalue weighted by Crippen LogP contribution is -2.23. The van der Waals surface area contributed by atoms with Crippen molar-refractivity contribution in [1.82, 2.24) is 4.67 Å². The summed E-state index contributed by atoms with van der Waals surface area (Å²) in [6.07, 6.45) is 0. The first-order valence-corrected chi connectivity index (χ1v) is 6.77. The predicted molar refractivity (Wildman–Crippen MR) is 67.5 cm³/mol. The van der Waals surface area contributed by atoms with Gasteiger partial charge in [0.25, 0.3) is 0 Å². The number of benzene rings is 1. The maximum atomic E-state index is 5.86. The zero-order chi connectivity index (χ0) is 11.1. The molecule has 0 saturated heterocycles. The molecule has 0 aromatic heterocycles. The van der Waals surface area contributed by atoms with Crippen molar-refractivity contribution in [1.29, 1.82) is 0 Å². The summed E-state index contributed by atoms with van der Waals surface area (Å²) in [5.74, 6) is 0. The van der Waals surface area contributed by atoms with Gasteiger partial charge in [-0.15, -0.1) is 0 Å². The Bertz CT molecular complexity index is 262. The molecule has 0 heterocycles. The highest BCUT2D eigenvalue weighted by molar-refractivity contribution is 7.58. The predicted octanol–water partition coefficient (Wildman–Crippen LogP) is 3.00. The van der Waals surface area contributed by atoms with E-state index < -0.39 is 8.30 Å². The van der Waals surface area contributed by atoms with Gasteiger partial charge < -0.3 is 4.52 Å². The molecule has 0 amide bonds. The third kappa shape index (κ3) is 3.57. The second kappa shape index (κ2) is 6.95. The summed E-state index contributed by atoms with van der Waals surface area (Å²) in [5, 5.41) is 1.30. The van der Waals surface area contributed by atoms with Crippen LogP contribution < -0.4 is 5.30 Å². The fourth-order valence-corrected chi connectivity index (χ4v) is 3.30. The third-order valence-electron chi connectivity index (χ3n) is 2.22. The molecule has 1 unspecified atom stereocenters. The summed E-state index contributed by atoms with van der Waals surface area (Å²) < 4.78 is 8.25. The fourth-order valence-electron chi connectivity index (χ4n) is 1.48. The molecule has 1 aromatic rings. The Balaban J connectivity index is 2.81. The van der Waals surface area contributed by atoms with Crippen LogP contribution in [-0.4, -0.2) is 24.4 Å². The van der Waals surface area contributed by atoms with Gasteiger partial charge in [0, 0.05) is 18.4 Å². The van der Waals surface area contributed by atoms with Crippen molar-refractivity contribution in [3.8, 4) is 0 Å². The van der Waals surface area contributed by atoms with Crippen molar-refractivity contribution in [3.63, 3.8) is 0 Å². The maximum absolute atomic E-state index is 5.86. The molecule has 0 bridgehead atoms. The molecule has 3 heteroatoms. The smallest absolute Gasteiger partial charge is 0.137 e. The van der Waals surface area contributed by atoms with Crippen LogP contribution in [0.25, 0.3) is 0 Å². The highest BCUT2D eigenvalue weighted by Crippen LogP contribution is 2.39. The van der Waals surface area contributed by atoms with E-state index >= 15 is 0 Å². The SMILES string of the molecule is CCOP(c1ccccc1)N(CC)CC. The van der Waals surface area contributed by atoms with Crippen molar-refractivity contribution in [2.24, 2.45) is 0 Å². The van der Waals surface area contributed by atoms with E-state index in [9.17, 15) is 0 Å². The zero-order valence-corrected chi connectivity index (χ0v) is 10.7. The molecule has 15 heavy (non-hydrogen) atoms. The third-order valence-corrected chi connectivity index (χ3v) is 4.54. The molecular formula is C12H20NOP. The Hall–Kier alpha value is -0.430. The molecule has 0 spiro atoms. The Morgan fingerprint density at radius 1 is 1.07 bits per heavy atom. The Kier molecular flexibility index (Phi) is 5.85. The average molecular weight is 225 g/mol. The number of nitrogens with zero attached hydrogens (tertiary/aromatic N) is 1. The first-order valence-electron chi connectivity index (χ1n) is 5.56. The molecular weight excluding hydrogens is 205 g/mol. The van der Waals surface area contributed by atoms with Gasteiger partial charge in [-0.05, 0) is 6.92 Å². The summed E-state index contributed by atoms with van der Waals surface area (Å²) in [5.41, 5.74) is 0. The van der Waals surface area contributed by atoms with Gasteiger partial charge >= 0.3 is 0 Å². The van der Waals surface area contributed by atoms with Gasteiger partial charge in [0.05, 0.1) is 6.61 Å². The van der Waals surface area contributed by atoms with E-state index in [4.69, 9.17) is 4.52 Å². The lowest BCUT2D eigenvalue weighted by atomic mass is 10.4. The van der Waals surface area contributed by atoms with Gasteiger partial charge in [0.2, 0.25) is 0 Å². The molecule has 84 valence electrons. The molecule has 0 saturated carbocycles. The highest BCUT2D eigenvalue weighted by Gasteiger charge is 2.17. The van der Waals surface area contributed by atoms with E-state index in [0.29, 0.717) is 0 Å². The van der Waals surface area contributed by atoms with Crippen LogP contribution in [0.4, 0.5) is 0 Å². The molecule has 1 rings (SSSR count). The second-order valence-electron chi connectivity index (χ2n) is 3.17. The first-order chi connectivity index (χ1) is 7.33. The van der Waals surface area contributed by atoms with Crippen LogP contribution in [0.1, 0.15) is 20.8 Å². The maximum Gasteiger partial charge on any atom is 0.137 e. The van der Waals surface area contributed by atoms with Gasteiger partial charge in [-0.3, -0.25) is 4.67 Å². The molecule has 1 atom stereocenters. The van der Waals surface area contributed by atoms with Gasteiger partial charge in [0.15, 0.2) is 0 Å². The molecule has 0 aliphatic rings. The lowest BCUT2D eigenvalue weighted by Gasteiger charge is -2.28. The van der Waals surface area contributed by atoms with E-state index in [1.54, 1.807) is 0 Å². The van der Waals surface area contributed by atoms with E-state index in [1.165, 1.54) is 5.30 Å². The highest BCUT2D eigenvalue weighted by atomic mass is 31.2. The van der Waals surface area contributed by atoms with Crippen molar-refractivity contribution < 1.29 is 4.52 Å². The number of hydrogen-bond donors (Lipinski definition) is 0. The second-order valence-corrected chi connectivity index (χ2v) is 5.05. The summed E-state index contributed by atoms with van der Waals surface area (Å²) in [4.78, 5) is 0. The van der Waals surface area contributed by atoms with Crippen LogP contribution in [0.2, 0.25) is 0 Å². The largest absolute Gasteiger partial charge is 0.340 e. The minimum absolute atomic E-state index is 0.586. The molecule has 0 N–H and O–H groups in total. The monoisotopic (exact) mass is 225 g/mol. The lowest BCUT2D eigenvalue weighted by molar-refractivity contribution is 0.336. The van der Waals surface area contributed by atoms with E-state index in [-0.39, 0.29) is 0 Å². The van der Waals surface area contributed by atoms with Crippen LogP contribution in [0.5, 0.6) is 0 Å². The summed E-state index contributed by atoms with van der Waals surface area (Å²) >= 11 is 0. The van der Waals surface area contributed by atoms with Crippen molar-refractivity contribution in [3.05, 3.63) is 30.3 Å². The Morgan fingerprint density at radius 2 is 1.67 bits per heavy atom. The van der Waals surface area contributed by atoms with Crippen LogP contribution in [0.15, 0.2) is 30.3 Å². The van der Waals surface area contributed by atoms with Crippen LogP contribution in [0.3, 0.4) is 0 Å². The van der Waals surface area contributed by atoms with E-state index in [0.717, 1.165) is 19.7 Å². The normalized spacial score (nSPS) is 13.1. The van der Waals surface area contributed by atoms with E-state index in [1.807, 2.05) is 6.07 Å². The standard InChI is InChI=1S/C12H20NOP/c1-4-13(5-2)15(14-6-3)12-10-8-7-9-11-12/h7-11H,4-6H2,1-3H3. The average Bonchev–Trinajstić information content (AvgIpc) is 2.30. The Morgan fingerprint density at radius 3 is 2.13 bits per heavy atom. The molecule has 0 radical (unpaired) electrons. The first kappa shape index (κ1) is 12.6. The topological polar surface area (TPSA) is 12.5 Å². The molecule has 0 aliphatic heterocycles. The molecule has 0 fully saturated rings. The van der Waals surface area contributed by atoms with Crippen LogP contribution >= 0.6 is 8.30 Å². The van der Waals surface area contributed by atoms with Crippen LogP contribution in [0, 0.1) is 0 Å². The van der Waals surface area contributed by atoms with Gasteiger partial charge in [-0.25, -0.2) is 0 Å². The molecule has 2 nitrogen and oxygen atoms in total. The number of rotatable bonds is 6. The van der Waals surface area contributed by atoms with Crippen LogP contribution in [-0.2, 0) is 4.52 Å². The van der Waals surface area contributed by atoms with E-state index in [2.05, 4.69) is 49.7 Å². The van der Waals surface area contributed by atoms with Gasteiger partial charge in [-0.1, -0.05) is 44.2 Å². The summed E-state index contributed by atoms with van der Waals surface area (Å²) in [6.45, 7) is 9.27. The quantitative estimate of drug-likeness (QED) is 0.690. The minimum atomic E-state index is -0.586. The summed E-state index contributed by atoms with van der Waals surface area (Å²) in [6, 6.07) is 10.5. The van der Waals surface area contributed by atoms with Crippen molar-refractivity contribution >= 4 is 13.6 Å². The van der Waals surface area contributed by atoms with Crippen molar-refractivity contribution in [2.75, 3.05) is 19.7 Å². The number of hydrogen-bond acceptors (Lipinski definition) is 2. The fraction of sp³-hybridized carbons (Fsp3) is 0.500. The van der Waals surface area contributed by atoms with Gasteiger partial charge in [-0.2, -0.15) is 0 Å². The van der Waals surface area contributed by atoms with Crippen molar-refractivity contribution in [2.45, 2.75) is 20.8 Å².